The van der Waals surface area contributed by atoms with Crippen molar-refractivity contribution in [3.8, 4) is 0 Å². The number of nitrogens with one attached hydrogen (secondary N) is 1. The summed E-state index contributed by atoms with van der Waals surface area (Å²) in [6.45, 7) is 0. The van der Waals surface area contributed by atoms with Gasteiger partial charge in [0, 0.05) is 24.4 Å². The number of nitrogens with zero attached hydrogens (tertiary/aromatic N) is 5. The fraction of sp³-hybridized carbons (Fsp3) is 0.100. The molecule has 0 aliphatic heterocycles. The van der Waals surface area contributed by atoms with Gasteiger partial charge >= 0.3 is 0 Å². The van der Waals surface area contributed by atoms with Gasteiger partial charge in [-0.05, 0) is 12.1 Å². The van der Waals surface area contributed by atoms with Crippen molar-refractivity contribution in [3.63, 3.8) is 0 Å². The topological polar surface area (TPSA) is 88.8 Å². The van der Waals surface area contributed by atoms with E-state index in [1.807, 2.05) is 6.07 Å². The fourth-order valence-corrected chi connectivity index (χ4v) is 1.61. The molecule has 0 aliphatic rings. The zero-order valence-electron chi connectivity index (χ0n) is 8.74. The highest BCUT2D eigenvalue weighted by Gasteiger charge is 2.07. The van der Waals surface area contributed by atoms with E-state index in [1.54, 1.807) is 24.5 Å². The van der Waals surface area contributed by atoms with Crippen LogP contribution in [0, 0.1) is 0 Å². The summed E-state index contributed by atoms with van der Waals surface area (Å²) >= 11 is 0. The molecular weight excluding hydrogens is 220 g/mol. The third-order valence-electron chi connectivity index (χ3n) is 2.42. The van der Waals surface area contributed by atoms with Gasteiger partial charge in [0.05, 0.1) is 0 Å². The quantitative estimate of drug-likeness (QED) is 0.656. The van der Waals surface area contributed by atoms with Crippen LogP contribution in [-0.4, -0.2) is 30.0 Å². The van der Waals surface area contributed by atoms with Crippen molar-refractivity contribution < 1.29 is 0 Å². The lowest BCUT2D eigenvalue weighted by Gasteiger charge is -2.01. The Morgan fingerprint density at radius 2 is 2.29 bits per heavy atom. The Labute approximate surface area is 95.1 Å². The van der Waals surface area contributed by atoms with Gasteiger partial charge in [-0.2, -0.15) is 5.21 Å². The molecule has 84 valence electrons. The monoisotopic (exact) mass is 228 g/mol. The van der Waals surface area contributed by atoms with Crippen LogP contribution in [0.25, 0.3) is 5.65 Å². The first-order valence-electron chi connectivity index (χ1n) is 5.02. The second-order valence-corrected chi connectivity index (χ2v) is 3.52. The van der Waals surface area contributed by atoms with Gasteiger partial charge in [-0.15, -0.1) is 10.2 Å². The van der Waals surface area contributed by atoms with E-state index >= 15 is 0 Å². The van der Waals surface area contributed by atoms with Crippen molar-refractivity contribution in [1.82, 2.24) is 30.0 Å². The van der Waals surface area contributed by atoms with E-state index in [1.165, 1.54) is 4.40 Å². The summed E-state index contributed by atoms with van der Waals surface area (Å²) < 4.78 is 1.50. The highest BCUT2D eigenvalue weighted by molar-refractivity contribution is 5.37. The van der Waals surface area contributed by atoms with Crippen LogP contribution in [0.5, 0.6) is 0 Å². The lowest BCUT2D eigenvalue weighted by molar-refractivity contribution is 0.881. The third-order valence-corrected chi connectivity index (χ3v) is 2.42. The number of aromatic amines is 1. The van der Waals surface area contributed by atoms with Gasteiger partial charge < -0.3 is 0 Å². The van der Waals surface area contributed by atoms with E-state index in [0.29, 0.717) is 23.5 Å². The lowest BCUT2D eigenvalue weighted by atomic mass is 10.2. The van der Waals surface area contributed by atoms with Crippen molar-refractivity contribution in [3.05, 3.63) is 52.3 Å². The molecule has 0 radical (unpaired) electrons. The van der Waals surface area contributed by atoms with Gasteiger partial charge in [-0.3, -0.25) is 9.20 Å². The van der Waals surface area contributed by atoms with Gasteiger partial charge in [-0.1, -0.05) is 11.3 Å². The molecular formula is C10H8N6O. The van der Waals surface area contributed by atoms with E-state index < -0.39 is 0 Å². The number of rotatable bonds is 2. The van der Waals surface area contributed by atoms with Gasteiger partial charge in [-0.25, -0.2) is 4.98 Å². The van der Waals surface area contributed by atoms with Gasteiger partial charge in [0.15, 0.2) is 5.82 Å². The molecule has 0 bridgehead atoms. The van der Waals surface area contributed by atoms with Crippen LogP contribution < -0.4 is 5.56 Å². The average molecular weight is 228 g/mol. The summed E-state index contributed by atoms with van der Waals surface area (Å²) in [5.41, 5.74) is 1.05. The highest BCUT2D eigenvalue weighted by atomic mass is 16.1. The van der Waals surface area contributed by atoms with Crippen molar-refractivity contribution in [2.24, 2.45) is 0 Å². The molecule has 0 amide bonds. The Morgan fingerprint density at radius 1 is 1.35 bits per heavy atom. The molecule has 0 atom stereocenters. The molecule has 0 fully saturated rings. The van der Waals surface area contributed by atoms with E-state index in [9.17, 15) is 4.79 Å². The molecule has 3 aromatic rings. The Balaban J connectivity index is 2.12. The Hall–Kier alpha value is -2.57. The minimum absolute atomic E-state index is 0.111. The molecule has 3 rings (SSSR count). The van der Waals surface area contributed by atoms with Gasteiger partial charge in [0.2, 0.25) is 0 Å². The Bertz CT molecular complexity index is 702. The summed E-state index contributed by atoms with van der Waals surface area (Å²) in [6, 6.07) is 5.40. The van der Waals surface area contributed by atoms with Gasteiger partial charge in [0.25, 0.3) is 5.56 Å². The number of pyridine rings is 1. The predicted octanol–water partition coefficient (Wildman–Crippen LogP) is -0.202. The largest absolute Gasteiger partial charge is 0.269 e. The first kappa shape index (κ1) is 9.64. The Morgan fingerprint density at radius 3 is 3.12 bits per heavy atom. The van der Waals surface area contributed by atoms with Crippen molar-refractivity contribution in [1.29, 1.82) is 0 Å². The van der Waals surface area contributed by atoms with E-state index in [0.717, 1.165) is 0 Å². The zero-order valence-corrected chi connectivity index (χ0v) is 8.74. The minimum atomic E-state index is -0.111. The van der Waals surface area contributed by atoms with Crippen LogP contribution in [0.2, 0.25) is 0 Å². The molecule has 3 aromatic heterocycles. The minimum Gasteiger partial charge on any atom is -0.269 e. The van der Waals surface area contributed by atoms with Gasteiger partial charge in [0.1, 0.15) is 5.65 Å². The van der Waals surface area contributed by atoms with Crippen LogP contribution in [0.4, 0.5) is 0 Å². The van der Waals surface area contributed by atoms with Crippen LogP contribution in [0.15, 0.2) is 35.4 Å². The summed E-state index contributed by atoms with van der Waals surface area (Å²) in [5.74, 6) is 0.472. The zero-order chi connectivity index (χ0) is 11.7. The molecule has 0 aromatic carbocycles. The lowest BCUT2D eigenvalue weighted by Crippen LogP contribution is -2.19. The summed E-state index contributed by atoms with van der Waals surface area (Å²) in [5, 5.41) is 13.4. The number of fused-ring (bicyclic) bond motifs is 1. The normalized spacial score (nSPS) is 10.8. The standard InChI is InChI=1S/C10H8N6O/c17-10-7(5-8-12-14-15-13-8)6-11-9-3-1-2-4-16(9)10/h1-4,6H,5H2,(H,12,13,14,15). The molecule has 0 aliphatic carbocycles. The fourth-order valence-electron chi connectivity index (χ4n) is 1.61. The van der Waals surface area contributed by atoms with E-state index in [2.05, 4.69) is 25.6 Å². The van der Waals surface area contributed by atoms with Crippen LogP contribution in [0.3, 0.4) is 0 Å². The number of aromatic nitrogens is 6. The number of tetrazole rings is 1. The number of hydrogen-bond acceptors (Lipinski definition) is 5. The van der Waals surface area contributed by atoms with E-state index in [-0.39, 0.29) is 5.56 Å². The van der Waals surface area contributed by atoms with Crippen molar-refractivity contribution in [2.45, 2.75) is 6.42 Å². The number of hydrogen-bond donors (Lipinski definition) is 1. The first-order chi connectivity index (χ1) is 8.34. The van der Waals surface area contributed by atoms with Crippen LogP contribution in [-0.2, 0) is 6.42 Å². The van der Waals surface area contributed by atoms with E-state index in [4.69, 9.17) is 0 Å². The molecule has 7 nitrogen and oxygen atoms in total. The molecule has 1 N–H and O–H groups in total. The second-order valence-electron chi connectivity index (χ2n) is 3.52. The molecule has 0 spiro atoms. The molecule has 0 unspecified atom stereocenters. The Kier molecular flexibility index (Phi) is 2.14. The van der Waals surface area contributed by atoms with Crippen molar-refractivity contribution >= 4 is 5.65 Å². The predicted molar refractivity (Wildman–Crippen MR) is 58.4 cm³/mol. The highest BCUT2D eigenvalue weighted by Crippen LogP contribution is 2.00. The summed E-state index contributed by atoms with van der Waals surface area (Å²) in [6.07, 6.45) is 3.55. The first-order valence-corrected chi connectivity index (χ1v) is 5.02. The molecule has 0 saturated heterocycles. The maximum Gasteiger partial charge on any atom is 0.261 e. The molecule has 0 saturated carbocycles. The number of H-pyrrole nitrogens is 1. The van der Waals surface area contributed by atoms with Crippen molar-refractivity contribution in [2.75, 3.05) is 0 Å². The third kappa shape index (κ3) is 1.67. The molecule has 7 heteroatoms. The summed E-state index contributed by atoms with van der Waals surface area (Å²) in [4.78, 5) is 16.3. The summed E-state index contributed by atoms with van der Waals surface area (Å²) in [7, 11) is 0. The average Bonchev–Trinajstić information content (AvgIpc) is 2.86. The maximum absolute atomic E-state index is 12.1. The smallest absolute Gasteiger partial charge is 0.261 e. The van der Waals surface area contributed by atoms with Crippen LogP contribution >= 0.6 is 0 Å². The molecule has 17 heavy (non-hydrogen) atoms. The molecule has 3 heterocycles. The SMILES string of the molecule is O=c1c(Cc2nn[nH]n2)cnc2ccccn12. The second kappa shape index (κ2) is 3.78. The van der Waals surface area contributed by atoms with Crippen LogP contribution in [0.1, 0.15) is 11.4 Å². The maximum atomic E-state index is 12.1.